The summed E-state index contributed by atoms with van der Waals surface area (Å²) < 4.78 is 5.10. The number of thioether (sulfide) groups is 1. The Bertz CT molecular complexity index is 760. The second-order valence-corrected chi connectivity index (χ2v) is 6.96. The number of hydrogen-bond donors (Lipinski definition) is 2. The lowest BCUT2D eigenvalue weighted by Gasteiger charge is -2.22. The fourth-order valence-electron chi connectivity index (χ4n) is 2.46. The summed E-state index contributed by atoms with van der Waals surface area (Å²) in [7, 11) is 1.57. The van der Waals surface area contributed by atoms with Gasteiger partial charge in [-0.25, -0.2) is 0 Å². The first-order valence-corrected chi connectivity index (χ1v) is 9.57. The molecule has 2 rings (SSSR count). The normalized spacial score (nSPS) is 11.7. The van der Waals surface area contributed by atoms with Gasteiger partial charge in [-0.3, -0.25) is 9.59 Å². The van der Waals surface area contributed by atoms with Crippen molar-refractivity contribution < 1.29 is 14.3 Å². The molecule has 0 spiro atoms. The Kier molecular flexibility index (Phi) is 7.09. The van der Waals surface area contributed by atoms with Gasteiger partial charge in [0.1, 0.15) is 11.8 Å². The van der Waals surface area contributed by atoms with Crippen molar-refractivity contribution in [1.82, 2.24) is 5.32 Å². The number of rotatable bonds is 7. The van der Waals surface area contributed by atoms with Gasteiger partial charge in [-0.15, -0.1) is 11.8 Å². The first-order valence-electron chi connectivity index (χ1n) is 8.35. The predicted molar refractivity (Wildman–Crippen MR) is 106 cm³/mol. The largest absolute Gasteiger partial charge is 0.497 e. The SMILES string of the molecule is COc1ccc(C(=O)NC(C(=O)Nc2ccccc2SC)C(C)C)cc1. The molecule has 0 aromatic heterocycles. The molecule has 0 bridgehead atoms. The summed E-state index contributed by atoms with van der Waals surface area (Å²) in [4.78, 5) is 26.2. The molecule has 0 saturated carbocycles. The van der Waals surface area contributed by atoms with E-state index < -0.39 is 6.04 Å². The molecule has 138 valence electrons. The molecule has 2 aromatic carbocycles. The summed E-state index contributed by atoms with van der Waals surface area (Å²) in [6, 6.07) is 13.7. The van der Waals surface area contributed by atoms with Gasteiger partial charge in [-0.1, -0.05) is 26.0 Å². The summed E-state index contributed by atoms with van der Waals surface area (Å²) in [5.74, 6) is 0.0926. The number of para-hydroxylation sites is 1. The van der Waals surface area contributed by atoms with Gasteiger partial charge >= 0.3 is 0 Å². The van der Waals surface area contributed by atoms with Gasteiger partial charge in [-0.05, 0) is 48.6 Å². The lowest BCUT2D eigenvalue weighted by molar-refractivity contribution is -0.118. The molecule has 0 aliphatic heterocycles. The van der Waals surface area contributed by atoms with Gasteiger partial charge in [0.25, 0.3) is 5.91 Å². The number of amides is 2. The van der Waals surface area contributed by atoms with Crippen LogP contribution in [0.4, 0.5) is 5.69 Å². The third-order valence-electron chi connectivity index (χ3n) is 3.95. The molecule has 0 radical (unpaired) electrons. The van der Waals surface area contributed by atoms with Crippen LogP contribution >= 0.6 is 11.8 Å². The lowest BCUT2D eigenvalue weighted by Crippen LogP contribution is -2.47. The van der Waals surface area contributed by atoms with Crippen LogP contribution in [0.2, 0.25) is 0 Å². The number of hydrogen-bond acceptors (Lipinski definition) is 4. The second-order valence-electron chi connectivity index (χ2n) is 6.11. The molecule has 2 amide bonds. The average molecular weight is 372 g/mol. The number of carbonyl (C=O) groups excluding carboxylic acids is 2. The standard InChI is InChI=1S/C20H24N2O3S/c1-13(2)18(20(24)21-16-7-5-6-8-17(16)26-4)22-19(23)14-9-11-15(25-3)12-10-14/h5-13,18H,1-4H3,(H,21,24)(H,22,23). The van der Waals surface area contributed by atoms with Gasteiger partial charge in [0, 0.05) is 10.5 Å². The number of nitrogens with one attached hydrogen (secondary N) is 2. The predicted octanol–water partition coefficient (Wildman–Crippen LogP) is 3.81. The van der Waals surface area contributed by atoms with E-state index in [2.05, 4.69) is 10.6 Å². The lowest BCUT2D eigenvalue weighted by atomic mass is 10.0. The topological polar surface area (TPSA) is 67.4 Å². The fourth-order valence-corrected chi connectivity index (χ4v) is 3.01. The molecule has 5 nitrogen and oxygen atoms in total. The highest BCUT2D eigenvalue weighted by Gasteiger charge is 2.25. The summed E-state index contributed by atoms with van der Waals surface area (Å²) in [5.41, 5.74) is 1.23. The average Bonchev–Trinajstić information content (AvgIpc) is 2.66. The number of methoxy groups -OCH3 is 1. The second kappa shape index (κ2) is 9.29. The Morgan fingerprint density at radius 3 is 2.27 bits per heavy atom. The van der Waals surface area contributed by atoms with Crippen LogP contribution in [0.5, 0.6) is 5.75 Å². The molecule has 26 heavy (non-hydrogen) atoms. The Balaban J connectivity index is 2.11. The number of benzene rings is 2. The van der Waals surface area contributed by atoms with Crippen LogP contribution in [0.1, 0.15) is 24.2 Å². The monoisotopic (exact) mass is 372 g/mol. The van der Waals surface area contributed by atoms with Crippen molar-refractivity contribution >= 4 is 29.3 Å². The van der Waals surface area contributed by atoms with Crippen molar-refractivity contribution in [3.63, 3.8) is 0 Å². The van der Waals surface area contributed by atoms with Crippen molar-refractivity contribution in [2.75, 3.05) is 18.7 Å². The molecule has 2 N–H and O–H groups in total. The van der Waals surface area contributed by atoms with E-state index in [1.165, 1.54) is 0 Å². The van der Waals surface area contributed by atoms with E-state index in [9.17, 15) is 9.59 Å². The molecular weight excluding hydrogens is 348 g/mol. The van der Waals surface area contributed by atoms with Gasteiger partial charge in [0.05, 0.1) is 12.8 Å². The number of ether oxygens (including phenoxy) is 1. The molecule has 2 aromatic rings. The zero-order chi connectivity index (χ0) is 19.1. The first kappa shape index (κ1) is 19.8. The maximum atomic E-state index is 12.7. The summed E-state index contributed by atoms with van der Waals surface area (Å²) in [5, 5.41) is 5.75. The van der Waals surface area contributed by atoms with Crippen LogP contribution in [-0.2, 0) is 4.79 Å². The molecule has 0 heterocycles. The van der Waals surface area contributed by atoms with Crippen LogP contribution in [0.3, 0.4) is 0 Å². The van der Waals surface area contributed by atoms with Gasteiger partial charge in [-0.2, -0.15) is 0 Å². The Labute approximate surface area is 158 Å². The van der Waals surface area contributed by atoms with E-state index in [4.69, 9.17) is 4.74 Å². The Morgan fingerprint density at radius 1 is 1.04 bits per heavy atom. The first-order chi connectivity index (χ1) is 12.5. The third kappa shape index (κ3) is 5.02. The minimum Gasteiger partial charge on any atom is -0.497 e. The zero-order valence-electron chi connectivity index (χ0n) is 15.4. The molecule has 1 atom stereocenters. The maximum absolute atomic E-state index is 12.7. The highest BCUT2D eigenvalue weighted by Crippen LogP contribution is 2.25. The van der Waals surface area contributed by atoms with E-state index in [0.717, 1.165) is 10.6 Å². The highest BCUT2D eigenvalue weighted by molar-refractivity contribution is 7.98. The Morgan fingerprint density at radius 2 is 1.69 bits per heavy atom. The van der Waals surface area contributed by atoms with Crippen molar-refractivity contribution in [3.05, 3.63) is 54.1 Å². The van der Waals surface area contributed by atoms with E-state index in [1.807, 2.05) is 44.4 Å². The third-order valence-corrected chi connectivity index (χ3v) is 4.75. The maximum Gasteiger partial charge on any atom is 0.251 e. The highest BCUT2D eigenvalue weighted by atomic mass is 32.2. The van der Waals surface area contributed by atoms with E-state index in [1.54, 1.807) is 43.1 Å². The Hall–Kier alpha value is -2.47. The van der Waals surface area contributed by atoms with Gasteiger partial charge in [0.2, 0.25) is 5.91 Å². The molecule has 0 fully saturated rings. The smallest absolute Gasteiger partial charge is 0.251 e. The van der Waals surface area contributed by atoms with Crippen molar-refractivity contribution in [2.45, 2.75) is 24.8 Å². The number of anilines is 1. The van der Waals surface area contributed by atoms with E-state index in [-0.39, 0.29) is 17.7 Å². The molecular formula is C20H24N2O3S. The minimum atomic E-state index is -0.639. The molecule has 0 aliphatic rings. The van der Waals surface area contributed by atoms with Crippen LogP contribution in [0, 0.1) is 5.92 Å². The van der Waals surface area contributed by atoms with Gasteiger partial charge < -0.3 is 15.4 Å². The quantitative estimate of drug-likeness (QED) is 0.725. The summed E-state index contributed by atoms with van der Waals surface area (Å²) >= 11 is 1.56. The van der Waals surface area contributed by atoms with Gasteiger partial charge in [0.15, 0.2) is 0 Å². The zero-order valence-corrected chi connectivity index (χ0v) is 16.2. The van der Waals surface area contributed by atoms with Crippen LogP contribution in [-0.4, -0.2) is 31.2 Å². The molecule has 1 unspecified atom stereocenters. The fraction of sp³-hybridized carbons (Fsp3) is 0.300. The van der Waals surface area contributed by atoms with Crippen molar-refractivity contribution in [1.29, 1.82) is 0 Å². The van der Waals surface area contributed by atoms with Crippen molar-refractivity contribution in [2.24, 2.45) is 5.92 Å². The number of carbonyl (C=O) groups is 2. The van der Waals surface area contributed by atoms with E-state index in [0.29, 0.717) is 11.3 Å². The van der Waals surface area contributed by atoms with Crippen LogP contribution in [0.15, 0.2) is 53.4 Å². The summed E-state index contributed by atoms with van der Waals surface area (Å²) in [6.07, 6.45) is 1.95. The molecule has 0 saturated heterocycles. The summed E-state index contributed by atoms with van der Waals surface area (Å²) in [6.45, 7) is 3.80. The van der Waals surface area contributed by atoms with E-state index >= 15 is 0 Å². The van der Waals surface area contributed by atoms with Crippen LogP contribution < -0.4 is 15.4 Å². The minimum absolute atomic E-state index is 0.0568. The molecule has 6 heteroatoms. The molecule has 0 aliphatic carbocycles. The van der Waals surface area contributed by atoms with Crippen molar-refractivity contribution in [3.8, 4) is 5.75 Å². The van der Waals surface area contributed by atoms with Crippen LogP contribution in [0.25, 0.3) is 0 Å².